The highest BCUT2D eigenvalue weighted by atomic mass is 32.1. The van der Waals surface area contributed by atoms with Crippen molar-refractivity contribution in [1.29, 1.82) is 0 Å². The van der Waals surface area contributed by atoms with E-state index in [2.05, 4.69) is 15.3 Å². The van der Waals surface area contributed by atoms with Gasteiger partial charge in [0.15, 0.2) is 0 Å². The van der Waals surface area contributed by atoms with E-state index in [9.17, 15) is 22.8 Å². The number of fused-ring (bicyclic) bond motifs is 1. The van der Waals surface area contributed by atoms with Crippen LogP contribution in [0.1, 0.15) is 34.0 Å². The van der Waals surface area contributed by atoms with E-state index in [-0.39, 0.29) is 22.7 Å². The molecule has 0 atom stereocenters. The first-order chi connectivity index (χ1) is 16.6. The van der Waals surface area contributed by atoms with Crippen LogP contribution in [0.5, 0.6) is 0 Å². The van der Waals surface area contributed by atoms with Crippen molar-refractivity contribution in [3.05, 3.63) is 95.3 Å². The monoisotopic (exact) mass is 496 g/mol. The third-order valence-corrected chi connectivity index (χ3v) is 5.62. The lowest BCUT2D eigenvalue weighted by Crippen LogP contribution is -2.35. The summed E-state index contributed by atoms with van der Waals surface area (Å²) in [6.45, 7) is 1.46. The van der Waals surface area contributed by atoms with E-state index in [0.29, 0.717) is 16.9 Å². The van der Waals surface area contributed by atoms with Crippen LogP contribution in [0.25, 0.3) is 11.0 Å². The molecule has 0 aliphatic heterocycles. The molecule has 0 aliphatic rings. The fourth-order valence-corrected chi connectivity index (χ4v) is 3.76. The number of nitrogens with zero attached hydrogens (tertiary/aromatic N) is 2. The fourth-order valence-electron chi connectivity index (χ4n) is 3.56. The molecule has 0 bridgehead atoms. The Morgan fingerprint density at radius 2 is 1.80 bits per heavy atom. The van der Waals surface area contributed by atoms with Crippen LogP contribution in [0.4, 0.5) is 18.9 Å². The van der Waals surface area contributed by atoms with Crippen molar-refractivity contribution in [2.24, 2.45) is 0 Å². The van der Waals surface area contributed by atoms with E-state index in [1.807, 2.05) is 0 Å². The lowest BCUT2D eigenvalue weighted by molar-refractivity contribution is -0.137. The molecule has 35 heavy (non-hydrogen) atoms. The molecule has 2 N–H and O–H groups in total. The molecule has 0 saturated carbocycles. The maximum absolute atomic E-state index is 13.2. The Labute approximate surface area is 203 Å². The number of benzene rings is 2. The second-order valence-corrected chi connectivity index (χ2v) is 8.14. The van der Waals surface area contributed by atoms with E-state index in [0.717, 1.165) is 22.4 Å². The summed E-state index contributed by atoms with van der Waals surface area (Å²) in [6.07, 6.45) is -1.32. The number of amides is 2. The van der Waals surface area contributed by atoms with Crippen LogP contribution in [0.2, 0.25) is 0 Å². The number of H-pyrrole nitrogens is 1. The van der Waals surface area contributed by atoms with E-state index >= 15 is 0 Å². The number of nitrogens with one attached hydrogen (secondary N) is 2. The molecule has 0 saturated heterocycles. The van der Waals surface area contributed by atoms with Crippen LogP contribution in [0.3, 0.4) is 0 Å². The van der Waals surface area contributed by atoms with Gasteiger partial charge < -0.3 is 10.3 Å². The molecule has 6 nitrogen and oxygen atoms in total. The summed E-state index contributed by atoms with van der Waals surface area (Å²) in [5.41, 5.74) is 1.34. The number of pyridine rings is 1. The van der Waals surface area contributed by atoms with Crippen molar-refractivity contribution in [1.82, 2.24) is 15.3 Å². The van der Waals surface area contributed by atoms with Crippen molar-refractivity contribution in [2.45, 2.75) is 19.6 Å². The molecule has 0 radical (unpaired) electrons. The standard InChI is InChI=1S/C25H19F3N4O2S/c1-15(33)32(21-12-17-8-9-29-22(17)30-14-21)24(34)19-6-2-4-16(10-19)13-31-23(35)18-5-3-7-20(11-18)25(26,27)28/h2-12,14H,13H2,1H3,(H,29,30)(H,31,35). The molecule has 2 heterocycles. The SMILES string of the molecule is CC(=O)N(C(=O)c1cccc(CNC(=S)c2cccc(C(F)(F)F)c2)c1)c1cnc2[nH]ccc2c1. The molecule has 0 fully saturated rings. The zero-order valence-electron chi connectivity index (χ0n) is 18.4. The van der Waals surface area contributed by atoms with Gasteiger partial charge in [-0.1, -0.05) is 36.5 Å². The van der Waals surface area contributed by atoms with E-state index < -0.39 is 23.6 Å². The average Bonchev–Trinajstić information content (AvgIpc) is 3.30. The topological polar surface area (TPSA) is 78.1 Å². The summed E-state index contributed by atoms with van der Waals surface area (Å²) < 4.78 is 38.9. The van der Waals surface area contributed by atoms with Gasteiger partial charge in [0.2, 0.25) is 5.91 Å². The number of anilines is 1. The summed E-state index contributed by atoms with van der Waals surface area (Å²) in [5.74, 6) is -1.00. The Balaban J connectivity index is 1.51. The van der Waals surface area contributed by atoms with Crippen molar-refractivity contribution in [2.75, 3.05) is 4.90 Å². The number of aromatic nitrogens is 2. The molecule has 0 unspecified atom stereocenters. The van der Waals surface area contributed by atoms with Crippen LogP contribution in [0, 0.1) is 0 Å². The molecule has 2 aromatic heterocycles. The molecular weight excluding hydrogens is 477 g/mol. The maximum Gasteiger partial charge on any atom is 0.416 e. The number of alkyl halides is 3. The number of rotatable bonds is 5. The van der Waals surface area contributed by atoms with Gasteiger partial charge in [-0.3, -0.25) is 9.59 Å². The first kappa shape index (κ1) is 24.1. The van der Waals surface area contributed by atoms with Gasteiger partial charge in [0.05, 0.1) is 17.4 Å². The summed E-state index contributed by atoms with van der Waals surface area (Å²) in [4.78, 5) is 33.9. The van der Waals surface area contributed by atoms with E-state index in [1.54, 1.807) is 42.6 Å². The number of hydrogen-bond donors (Lipinski definition) is 2. The number of aromatic amines is 1. The highest BCUT2D eigenvalue weighted by Gasteiger charge is 2.30. The quantitative estimate of drug-likeness (QED) is 0.370. The number of imide groups is 1. The highest BCUT2D eigenvalue weighted by Crippen LogP contribution is 2.29. The van der Waals surface area contributed by atoms with Crippen molar-refractivity contribution >= 4 is 45.7 Å². The Morgan fingerprint density at radius 1 is 1.06 bits per heavy atom. The van der Waals surface area contributed by atoms with Gasteiger partial charge >= 0.3 is 6.18 Å². The van der Waals surface area contributed by atoms with Crippen molar-refractivity contribution in [3.63, 3.8) is 0 Å². The zero-order chi connectivity index (χ0) is 25.2. The third kappa shape index (κ3) is 5.38. The average molecular weight is 497 g/mol. The van der Waals surface area contributed by atoms with Gasteiger partial charge in [0.1, 0.15) is 10.6 Å². The van der Waals surface area contributed by atoms with Crippen LogP contribution >= 0.6 is 12.2 Å². The van der Waals surface area contributed by atoms with Crippen LogP contribution in [-0.4, -0.2) is 26.8 Å². The van der Waals surface area contributed by atoms with Gasteiger partial charge in [-0.05, 0) is 42.0 Å². The second-order valence-electron chi connectivity index (χ2n) is 7.73. The van der Waals surface area contributed by atoms with Gasteiger partial charge in [0.25, 0.3) is 5.91 Å². The van der Waals surface area contributed by atoms with Crippen LogP contribution < -0.4 is 10.2 Å². The molecule has 2 aromatic carbocycles. The largest absolute Gasteiger partial charge is 0.416 e. The lowest BCUT2D eigenvalue weighted by atomic mass is 10.1. The number of halogens is 3. The second kappa shape index (κ2) is 9.67. The van der Waals surface area contributed by atoms with Crippen molar-refractivity contribution in [3.8, 4) is 0 Å². The first-order valence-corrected chi connectivity index (χ1v) is 10.9. The highest BCUT2D eigenvalue weighted by molar-refractivity contribution is 7.80. The van der Waals surface area contributed by atoms with E-state index in [1.165, 1.54) is 25.3 Å². The summed E-state index contributed by atoms with van der Waals surface area (Å²) in [7, 11) is 0. The summed E-state index contributed by atoms with van der Waals surface area (Å²) in [5, 5.41) is 3.67. The zero-order valence-corrected chi connectivity index (χ0v) is 19.2. The Morgan fingerprint density at radius 3 is 2.54 bits per heavy atom. The Kier molecular flexibility index (Phi) is 6.65. The molecule has 178 valence electrons. The number of hydrogen-bond acceptors (Lipinski definition) is 4. The van der Waals surface area contributed by atoms with Crippen LogP contribution in [0.15, 0.2) is 73.1 Å². The van der Waals surface area contributed by atoms with Gasteiger partial charge in [-0.2, -0.15) is 13.2 Å². The predicted octanol–water partition coefficient (Wildman–Crippen LogP) is 5.24. The lowest BCUT2D eigenvalue weighted by Gasteiger charge is -2.19. The maximum atomic E-state index is 13.2. The molecule has 2 amide bonds. The molecule has 0 spiro atoms. The minimum atomic E-state index is -4.47. The third-order valence-electron chi connectivity index (χ3n) is 5.24. The smallest absolute Gasteiger partial charge is 0.372 e. The number of thiocarbonyl (C=S) groups is 1. The van der Waals surface area contributed by atoms with Gasteiger partial charge in [-0.15, -0.1) is 0 Å². The summed E-state index contributed by atoms with van der Waals surface area (Å²) in [6, 6.07) is 14.8. The molecule has 4 rings (SSSR count). The summed E-state index contributed by atoms with van der Waals surface area (Å²) >= 11 is 5.25. The molecular formula is C25H19F3N4O2S. The van der Waals surface area contributed by atoms with Gasteiger partial charge in [0, 0.05) is 36.2 Å². The van der Waals surface area contributed by atoms with Crippen molar-refractivity contribution < 1.29 is 22.8 Å². The van der Waals surface area contributed by atoms with Gasteiger partial charge in [-0.25, -0.2) is 9.88 Å². The minimum absolute atomic E-state index is 0.143. The number of carbonyl (C=O) groups is 2. The molecule has 0 aliphatic carbocycles. The first-order valence-electron chi connectivity index (χ1n) is 10.5. The molecule has 4 aromatic rings. The minimum Gasteiger partial charge on any atom is -0.372 e. The Bertz CT molecular complexity index is 1430. The Hall–Kier alpha value is -4.05. The van der Waals surface area contributed by atoms with E-state index in [4.69, 9.17) is 12.2 Å². The fraction of sp³-hybridized carbons (Fsp3) is 0.120. The predicted molar refractivity (Wildman–Crippen MR) is 130 cm³/mol. The number of carbonyl (C=O) groups excluding carboxylic acids is 2. The van der Waals surface area contributed by atoms with Crippen LogP contribution in [-0.2, 0) is 17.5 Å². The molecule has 10 heteroatoms. The normalized spacial score (nSPS) is 11.3.